The number of hydrogen-bond donors (Lipinski definition) is 1. The van der Waals surface area contributed by atoms with Crippen LogP contribution in [0.4, 0.5) is 5.69 Å². The standard InChI is InChI=1S/C13H13NOS/c1-9-5-3-4-6-11(9)14-13(15)12-10(2)7-8-16-12/h3-8H,1-2H3,(H,14,15). The molecular formula is C13H13NOS. The maximum atomic E-state index is 11.9. The van der Waals surface area contributed by atoms with Gasteiger partial charge in [0.2, 0.25) is 0 Å². The van der Waals surface area contributed by atoms with Crippen molar-refractivity contribution in [2.24, 2.45) is 0 Å². The molecule has 1 heterocycles. The largest absolute Gasteiger partial charge is 0.321 e. The number of carbonyl (C=O) groups is 1. The van der Waals surface area contributed by atoms with E-state index < -0.39 is 0 Å². The third kappa shape index (κ3) is 2.14. The summed E-state index contributed by atoms with van der Waals surface area (Å²) in [6.45, 7) is 3.93. The highest BCUT2D eigenvalue weighted by Gasteiger charge is 2.10. The Balaban J connectivity index is 2.21. The highest BCUT2D eigenvalue weighted by atomic mass is 32.1. The van der Waals surface area contributed by atoms with Crippen LogP contribution in [0.1, 0.15) is 20.8 Å². The number of nitrogens with one attached hydrogen (secondary N) is 1. The number of amides is 1. The highest BCUT2D eigenvalue weighted by molar-refractivity contribution is 7.12. The van der Waals surface area contributed by atoms with Gasteiger partial charge in [0, 0.05) is 5.69 Å². The van der Waals surface area contributed by atoms with Crippen molar-refractivity contribution in [3.63, 3.8) is 0 Å². The Morgan fingerprint density at radius 3 is 2.50 bits per heavy atom. The smallest absolute Gasteiger partial charge is 0.266 e. The molecule has 16 heavy (non-hydrogen) atoms. The van der Waals surface area contributed by atoms with Crippen molar-refractivity contribution < 1.29 is 4.79 Å². The molecule has 1 aromatic heterocycles. The van der Waals surface area contributed by atoms with Gasteiger partial charge in [0.15, 0.2) is 0 Å². The van der Waals surface area contributed by atoms with Gasteiger partial charge < -0.3 is 5.32 Å². The number of thiophene rings is 1. The lowest BCUT2D eigenvalue weighted by Crippen LogP contribution is -2.12. The van der Waals surface area contributed by atoms with E-state index in [0.717, 1.165) is 21.7 Å². The molecule has 0 saturated heterocycles. The molecule has 0 atom stereocenters. The van der Waals surface area contributed by atoms with E-state index in [1.807, 2.05) is 49.6 Å². The first-order chi connectivity index (χ1) is 7.68. The van der Waals surface area contributed by atoms with Crippen LogP contribution >= 0.6 is 11.3 Å². The summed E-state index contributed by atoms with van der Waals surface area (Å²) in [4.78, 5) is 12.7. The summed E-state index contributed by atoms with van der Waals surface area (Å²) in [6.07, 6.45) is 0. The SMILES string of the molecule is Cc1ccccc1NC(=O)c1sccc1C. The average molecular weight is 231 g/mol. The van der Waals surface area contributed by atoms with Gasteiger partial charge >= 0.3 is 0 Å². The van der Waals surface area contributed by atoms with Crippen molar-refractivity contribution in [1.29, 1.82) is 0 Å². The van der Waals surface area contributed by atoms with E-state index in [4.69, 9.17) is 0 Å². The summed E-state index contributed by atoms with van der Waals surface area (Å²) in [5.41, 5.74) is 2.97. The maximum Gasteiger partial charge on any atom is 0.266 e. The van der Waals surface area contributed by atoms with E-state index in [-0.39, 0.29) is 5.91 Å². The Labute approximate surface area is 98.9 Å². The molecule has 2 rings (SSSR count). The Hall–Kier alpha value is -1.61. The minimum Gasteiger partial charge on any atom is -0.321 e. The summed E-state index contributed by atoms with van der Waals surface area (Å²) >= 11 is 1.47. The summed E-state index contributed by atoms with van der Waals surface area (Å²) < 4.78 is 0. The molecule has 0 aliphatic rings. The van der Waals surface area contributed by atoms with Gasteiger partial charge in [-0.15, -0.1) is 11.3 Å². The molecule has 0 aliphatic heterocycles. The summed E-state index contributed by atoms with van der Waals surface area (Å²) in [6, 6.07) is 9.73. The van der Waals surface area contributed by atoms with Crippen molar-refractivity contribution in [3.05, 3.63) is 51.7 Å². The maximum absolute atomic E-state index is 11.9. The van der Waals surface area contributed by atoms with Crippen molar-refractivity contribution in [1.82, 2.24) is 0 Å². The van der Waals surface area contributed by atoms with Gasteiger partial charge in [0.1, 0.15) is 0 Å². The van der Waals surface area contributed by atoms with Gasteiger partial charge in [-0.2, -0.15) is 0 Å². The number of para-hydroxylation sites is 1. The van der Waals surface area contributed by atoms with Gasteiger partial charge in [0.05, 0.1) is 4.88 Å². The predicted molar refractivity (Wildman–Crippen MR) is 68.2 cm³/mol. The Morgan fingerprint density at radius 2 is 1.88 bits per heavy atom. The van der Waals surface area contributed by atoms with Crippen LogP contribution in [0.25, 0.3) is 0 Å². The number of benzene rings is 1. The van der Waals surface area contributed by atoms with Crippen LogP contribution in [0, 0.1) is 13.8 Å². The zero-order chi connectivity index (χ0) is 11.5. The number of hydrogen-bond acceptors (Lipinski definition) is 2. The molecule has 0 radical (unpaired) electrons. The van der Waals surface area contributed by atoms with E-state index in [1.54, 1.807) is 0 Å². The van der Waals surface area contributed by atoms with E-state index in [2.05, 4.69) is 5.32 Å². The molecule has 3 heteroatoms. The van der Waals surface area contributed by atoms with Crippen LogP contribution in [0.15, 0.2) is 35.7 Å². The molecule has 0 saturated carbocycles. The second-order valence-electron chi connectivity index (χ2n) is 3.70. The molecule has 1 aromatic carbocycles. The van der Waals surface area contributed by atoms with Crippen molar-refractivity contribution >= 4 is 22.9 Å². The number of anilines is 1. The molecule has 2 aromatic rings. The molecular weight excluding hydrogens is 218 g/mol. The van der Waals surface area contributed by atoms with Gasteiger partial charge in [-0.3, -0.25) is 4.79 Å². The fourth-order valence-corrected chi connectivity index (χ4v) is 2.32. The van der Waals surface area contributed by atoms with Gasteiger partial charge in [0.25, 0.3) is 5.91 Å². The molecule has 0 fully saturated rings. The van der Waals surface area contributed by atoms with Crippen LogP contribution in [-0.4, -0.2) is 5.91 Å². The Kier molecular flexibility index (Phi) is 3.06. The lowest BCUT2D eigenvalue weighted by Gasteiger charge is -2.07. The van der Waals surface area contributed by atoms with Crippen LogP contribution in [0.5, 0.6) is 0 Å². The first-order valence-corrected chi connectivity index (χ1v) is 5.97. The monoisotopic (exact) mass is 231 g/mol. The molecule has 0 unspecified atom stereocenters. The normalized spacial score (nSPS) is 10.1. The third-order valence-corrected chi connectivity index (χ3v) is 3.48. The minimum atomic E-state index is -0.0261. The molecule has 1 N–H and O–H groups in total. The zero-order valence-corrected chi connectivity index (χ0v) is 10.1. The van der Waals surface area contributed by atoms with Crippen LogP contribution in [-0.2, 0) is 0 Å². The number of aryl methyl sites for hydroxylation is 2. The lowest BCUT2D eigenvalue weighted by atomic mass is 10.2. The highest BCUT2D eigenvalue weighted by Crippen LogP contribution is 2.19. The molecule has 0 spiro atoms. The van der Waals surface area contributed by atoms with Crippen LogP contribution in [0.3, 0.4) is 0 Å². The Bertz CT molecular complexity index is 516. The molecule has 0 aliphatic carbocycles. The fourth-order valence-electron chi connectivity index (χ4n) is 1.50. The van der Waals surface area contributed by atoms with E-state index in [9.17, 15) is 4.79 Å². The fraction of sp³-hybridized carbons (Fsp3) is 0.154. The Morgan fingerprint density at radius 1 is 1.12 bits per heavy atom. The molecule has 0 bridgehead atoms. The lowest BCUT2D eigenvalue weighted by molar-refractivity contribution is 0.103. The van der Waals surface area contributed by atoms with E-state index >= 15 is 0 Å². The molecule has 1 amide bonds. The zero-order valence-electron chi connectivity index (χ0n) is 9.28. The molecule has 82 valence electrons. The van der Waals surface area contributed by atoms with Crippen LogP contribution < -0.4 is 5.32 Å². The summed E-state index contributed by atoms with van der Waals surface area (Å²) in [5.74, 6) is -0.0261. The first kappa shape index (κ1) is 10.9. The predicted octanol–water partition coefficient (Wildman–Crippen LogP) is 3.62. The van der Waals surface area contributed by atoms with Crippen molar-refractivity contribution in [2.75, 3.05) is 5.32 Å². The quantitative estimate of drug-likeness (QED) is 0.840. The minimum absolute atomic E-state index is 0.0261. The first-order valence-electron chi connectivity index (χ1n) is 5.09. The number of carbonyl (C=O) groups excluding carboxylic acids is 1. The topological polar surface area (TPSA) is 29.1 Å². The third-order valence-electron chi connectivity index (χ3n) is 2.46. The van der Waals surface area contributed by atoms with E-state index in [0.29, 0.717) is 0 Å². The second-order valence-corrected chi connectivity index (χ2v) is 4.62. The average Bonchev–Trinajstić information content (AvgIpc) is 2.68. The van der Waals surface area contributed by atoms with E-state index in [1.165, 1.54) is 11.3 Å². The second kappa shape index (κ2) is 4.49. The summed E-state index contributed by atoms with van der Waals surface area (Å²) in [5, 5.41) is 4.86. The van der Waals surface area contributed by atoms with Gasteiger partial charge in [-0.1, -0.05) is 18.2 Å². The van der Waals surface area contributed by atoms with Gasteiger partial charge in [-0.25, -0.2) is 0 Å². The van der Waals surface area contributed by atoms with Crippen molar-refractivity contribution in [2.45, 2.75) is 13.8 Å². The number of rotatable bonds is 2. The van der Waals surface area contributed by atoms with Crippen LogP contribution in [0.2, 0.25) is 0 Å². The van der Waals surface area contributed by atoms with Crippen molar-refractivity contribution in [3.8, 4) is 0 Å². The van der Waals surface area contributed by atoms with Gasteiger partial charge in [-0.05, 0) is 42.5 Å². The summed E-state index contributed by atoms with van der Waals surface area (Å²) in [7, 11) is 0. The molecule has 2 nitrogen and oxygen atoms in total.